The van der Waals surface area contributed by atoms with Gasteiger partial charge in [0.25, 0.3) is 0 Å². The number of nitrogens with zero attached hydrogens (tertiary/aromatic N) is 5. The Morgan fingerprint density at radius 3 is 2.71 bits per heavy atom. The highest BCUT2D eigenvalue weighted by molar-refractivity contribution is 6.31. The second kappa shape index (κ2) is 6.51. The van der Waals surface area contributed by atoms with Crippen LogP contribution in [-0.2, 0) is 6.54 Å². The Labute approximate surface area is 129 Å². The quantitative estimate of drug-likeness (QED) is 0.907. The van der Waals surface area contributed by atoms with Gasteiger partial charge >= 0.3 is 0 Å². The van der Waals surface area contributed by atoms with Gasteiger partial charge in [-0.25, -0.2) is 0 Å². The lowest BCUT2D eigenvalue weighted by Crippen LogP contribution is -2.24. The van der Waals surface area contributed by atoms with Crippen molar-refractivity contribution in [3.8, 4) is 0 Å². The molecule has 21 heavy (non-hydrogen) atoms. The fraction of sp³-hybridized carbons (Fsp3) is 0.500. The van der Waals surface area contributed by atoms with Crippen LogP contribution in [0.1, 0.15) is 28.7 Å². The number of aryl methyl sites for hydroxylation is 2. The molecule has 0 saturated heterocycles. The first-order valence-corrected chi connectivity index (χ1v) is 7.20. The number of hydrogen-bond acceptors (Lipinski definition) is 5. The highest BCUT2D eigenvalue weighted by atomic mass is 35.5. The van der Waals surface area contributed by atoms with Crippen LogP contribution in [-0.4, -0.2) is 45.5 Å². The monoisotopic (exact) mass is 308 g/mol. The largest absolute Gasteiger partial charge is 0.319 e. The van der Waals surface area contributed by atoms with Gasteiger partial charge in [0, 0.05) is 6.54 Å². The molecule has 2 N–H and O–H groups in total. The summed E-state index contributed by atoms with van der Waals surface area (Å²) in [5, 5.41) is 13.1. The van der Waals surface area contributed by atoms with Crippen molar-refractivity contribution in [1.82, 2.24) is 24.9 Å². The molecule has 0 aliphatic carbocycles. The van der Waals surface area contributed by atoms with Gasteiger partial charge in [-0.1, -0.05) is 11.6 Å². The smallest absolute Gasteiger partial charge is 0.0837 e. The summed E-state index contributed by atoms with van der Waals surface area (Å²) in [6.45, 7) is 5.40. The van der Waals surface area contributed by atoms with E-state index >= 15 is 0 Å². The molecule has 0 bridgehead atoms. The van der Waals surface area contributed by atoms with Crippen LogP contribution in [0.15, 0.2) is 12.3 Å². The summed E-state index contributed by atoms with van der Waals surface area (Å²) in [7, 11) is 4.04. The third-order valence-electron chi connectivity index (χ3n) is 3.36. The lowest BCUT2D eigenvalue weighted by atomic mass is 10.0. The summed E-state index contributed by atoms with van der Waals surface area (Å²) in [5.41, 5.74) is 9.80. The second-order valence-corrected chi connectivity index (χ2v) is 5.82. The van der Waals surface area contributed by atoms with Crippen molar-refractivity contribution in [2.45, 2.75) is 26.4 Å². The van der Waals surface area contributed by atoms with E-state index < -0.39 is 0 Å². The van der Waals surface area contributed by atoms with Gasteiger partial charge in [-0.15, -0.1) is 0 Å². The first-order valence-electron chi connectivity index (χ1n) is 6.82. The first-order chi connectivity index (χ1) is 9.90. The molecule has 0 aliphatic rings. The van der Waals surface area contributed by atoms with E-state index in [1.165, 1.54) is 0 Å². The highest BCUT2D eigenvalue weighted by Gasteiger charge is 2.21. The molecule has 0 radical (unpaired) electrons. The molecular formula is C14H21ClN6. The third kappa shape index (κ3) is 3.58. The van der Waals surface area contributed by atoms with Crippen LogP contribution in [0.25, 0.3) is 0 Å². The zero-order valence-corrected chi connectivity index (χ0v) is 13.6. The van der Waals surface area contributed by atoms with Crippen molar-refractivity contribution in [2.75, 3.05) is 20.6 Å². The highest BCUT2D eigenvalue weighted by Crippen LogP contribution is 2.27. The molecule has 2 heterocycles. The maximum atomic E-state index is 6.41. The van der Waals surface area contributed by atoms with E-state index in [1.54, 1.807) is 6.20 Å². The van der Waals surface area contributed by atoms with E-state index in [2.05, 4.69) is 20.2 Å². The Morgan fingerprint density at radius 2 is 2.05 bits per heavy atom. The van der Waals surface area contributed by atoms with Crippen molar-refractivity contribution in [3.63, 3.8) is 0 Å². The zero-order valence-electron chi connectivity index (χ0n) is 12.8. The van der Waals surface area contributed by atoms with Crippen molar-refractivity contribution in [1.29, 1.82) is 0 Å². The molecule has 1 unspecified atom stereocenters. The van der Waals surface area contributed by atoms with Crippen molar-refractivity contribution in [2.24, 2.45) is 5.73 Å². The fourth-order valence-electron chi connectivity index (χ4n) is 2.19. The van der Waals surface area contributed by atoms with Crippen molar-refractivity contribution < 1.29 is 0 Å². The number of rotatable bonds is 5. The summed E-state index contributed by atoms with van der Waals surface area (Å²) >= 11 is 6.28. The Bertz CT molecular complexity index is 622. The van der Waals surface area contributed by atoms with E-state index in [4.69, 9.17) is 17.3 Å². The molecule has 114 valence electrons. The standard InChI is InChI=1S/C14H21ClN6/c1-9-7-11(10(2)19-18-9)13(16)14-12(15)8-17-21(14)6-5-20(3)4/h7-8,13H,5-6,16H2,1-4H3. The number of nitrogens with two attached hydrogens (primary N) is 1. The Hall–Kier alpha value is -1.50. The number of aromatic nitrogens is 4. The van der Waals surface area contributed by atoms with Crippen LogP contribution < -0.4 is 5.73 Å². The topological polar surface area (TPSA) is 72.9 Å². The van der Waals surface area contributed by atoms with Crippen LogP contribution in [0.2, 0.25) is 5.02 Å². The maximum absolute atomic E-state index is 6.41. The van der Waals surface area contributed by atoms with Crippen molar-refractivity contribution >= 4 is 11.6 Å². The van der Waals surface area contributed by atoms with Gasteiger partial charge in [0.15, 0.2) is 0 Å². The minimum absolute atomic E-state index is 0.364. The summed E-state index contributed by atoms with van der Waals surface area (Å²) in [6, 6.07) is 1.59. The molecule has 1 atom stereocenters. The molecule has 7 heteroatoms. The van der Waals surface area contributed by atoms with Crippen LogP contribution in [0.5, 0.6) is 0 Å². The molecule has 0 fully saturated rings. The molecule has 0 aliphatic heterocycles. The summed E-state index contributed by atoms with van der Waals surface area (Å²) in [5.74, 6) is 0. The zero-order chi connectivity index (χ0) is 15.6. The summed E-state index contributed by atoms with van der Waals surface area (Å²) in [6.07, 6.45) is 1.64. The fourth-order valence-corrected chi connectivity index (χ4v) is 2.44. The average Bonchev–Trinajstić information content (AvgIpc) is 2.79. The Kier molecular flexibility index (Phi) is 4.92. The van der Waals surface area contributed by atoms with Gasteiger partial charge in [0.2, 0.25) is 0 Å². The molecule has 0 saturated carbocycles. The van der Waals surface area contributed by atoms with Crippen LogP contribution in [0.4, 0.5) is 0 Å². The number of hydrogen-bond donors (Lipinski definition) is 1. The predicted octanol–water partition coefficient (Wildman–Crippen LogP) is 1.55. The van der Waals surface area contributed by atoms with Gasteiger partial charge in [-0.05, 0) is 39.6 Å². The van der Waals surface area contributed by atoms with E-state index in [0.717, 1.165) is 35.7 Å². The van der Waals surface area contributed by atoms with E-state index in [0.29, 0.717) is 5.02 Å². The minimum Gasteiger partial charge on any atom is -0.319 e. The Balaban J connectivity index is 2.36. The number of halogens is 1. The molecule has 2 aromatic heterocycles. The van der Waals surface area contributed by atoms with Crippen LogP contribution in [0, 0.1) is 13.8 Å². The molecule has 2 rings (SSSR count). The molecule has 0 spiro atoms. The lowest BCUT2D eigenvalue weighted by Gasteiger charge is -2.18. The van der Waals surface area contributed by atoms with Gasteiger partial charge in [-0.3, -0.25) is 4.68 Å². The molecule has 0 aromatic carbocycles. The summed E-state index contributed by atoms with van der Waals surface area (Å²) in [4.78, 5) is 2.09. The molecule has 0 amide bonds. The lowest BCUT2D eigenvalue weighted by molar-refractivity contribution is 0.368. The predicted molar refractivity (Wildman–Crippen MR) is 83.3 cm³/mol. The van der Waals surface area contributed by atoms with E-state index in [9.17, 15) is 0 Å². The first kappa shape index (κ1) is 15.9. The van der Waals surface area contributed by atoms with Gasteiger partial charge < -0.3 is 10.6 Å². The van der Waals surface area contributed by atoms with E-state index in [1.807, 2.05) is 38.7 Å². The average molecular weight is 309 g/mol. The normalized spacial score (nSPS) is 12.9. The SMILES string of the molecule is Cc1cc(C(N)c2c(Cl)cnn2CCN(C)C)c(C)nn1. The third-order valence-corrected chi connectivity index (χ3v) is 3.65. The van der Waals surface area contributed by atoms with Crippen LogP contribution in [0.3, 0.4) is 0 Å². The number of likely N-dealkylation sites (N-methyl/N-ethyl adjacent to an activating group) is 1. The maximum Gasteiger partial charge on any atom is 0.0837 e. The molecule has 6 nitrogen and oxygen atoms in total. The van der Waals surface area contributed by atoms with Gasteiger partial charge in [-0.2, -0.15) is 15.3 Å². The Morgan fingerprint density at radius 1 is 1.33 bits per heavy atom. The second-order valence-electron chi connectivity index (χ2n) is 5.41. The summed E-state index contributed by atoms with van der Waals surface area (Å²) < 4.78 is 1.86. The van der Waals surface area contributed by atoms with Crippen molar-refractivity contribution in [3.05, 3.63) is 39.9 Å². The van der Waals surface area contributed by atoms with Crippen LogP contribution >= 0.6 is 11.6 Å². The minimum atomic E-state index is -0.364. The molecule has 2 aromatic rings. The van der Waals surface area contributed by atoms with Gasteiger partial charge in [0.1, 0.15) is 0 Å². The van der Waals surface area contributed by atoms with E-state index in [-0.39, 0.29) is 6.04 Å². The van der Waals surface area contributed by atoms with Gasteiger partial charge in [0.05, 0.1) is 40.9 Å². The molecular weight excluding hydrogens is 288 g/mol.